The molecule has 1 heterocycles. The van der Waals surface area contributed by atoms with E-state index in [0.29, 0.717) is 16.8 Å². The second kappa shape index (κ2) is 8.73. The number of sulfonamides is 1. The quantitative estimate of drug-likeness (QED) is 0.299. The van der Waals surface area contributed by atoms with E-state index >= 15 is 0 Å². The highest BCUT2D eigenvalue weighted by atomic mass is 32.2. The van der Waals surface area contributed by atoms with Gasteiger partial charge in [-0.15, -0.1) is 0 Å². The Morgan fingerprint density at radius 1 is 0.730 bits per heavy atom. The number of rotatable bonds is 4. The Hall–Kier alpha value is -4.19. The molecule has 0 radical (unpaired) electrons. The van der Waals surface area contributed by atoms with E-state index < -0.39 is 15.6 Å². The van der Waals surface area contributed by atoms with Crippen molar-refractivity contribution in [2.45, 2.75) is 17.4 Å². The molecule has 0 bridgehead atoms. The molecule has 1 aliphatic rings. The number of fused-ring (bicyclic) bond motifs is 2. The molecule has 4 nitrogen and oxygen atoms in total. The van der Waals surface area contributed by atoms with Gasteiger partial charge in [0.05, 0.1) is 16.3 Å². The van der Waals surface area contributed by atoms with Gasteiger partial charge in [-0.25, -0.2) is 12.7 Å². The Labute approximate surface area is 216 Å². The zero-order valence-electron chi connectivity index (χ0n) is 20.2. The minimum absolute atomic E-state index is 0.161. The minimum Gasteiger partial charge on any atom is -0.374 e. The average molecular weight is 504 g/mol. The molecule has 1 N–H and O–H groups in total. The van der Waals surface area contributed by atoms with Crippen molar-refractivity contribution in [3.05, 3.63) is 149 Å². The summed E-state index contributed by atoms with van der Waals surface area (Å²) >= 11 is 0. The first-order valence-corrected chi connectivity index (χ1v) is 13.5. The highest BCUT2D eigenvalue weighted by Crippen LogP contribution is 2.54. The first kappa shape index (κ1) is 23.2. The molecule has 0 aliphatic carbocycles. The van der Waals surface area contributed by atoms with Gasteiger partial charge in [-0.05, 0) is 59.2 Å². The Morgan fingerprint density at radius 2 is 1.30 bits per heavy atom. The van der Waals surface area contributed by atoms with Gasteiger partial charge < -0.3 is 5.11 Å². The summed E-state index contributed by atoms with van der Waals surface area (Å²) < 4.78 is 30.0. The van der Waals surface area contributed by atoms with E-state index in [0.717, 1.165) is 21.9 Å². The van der Waals surface area contributed by atoms with Crippen LogP contribution in [0.4, 0.5) is 5.69 Å². The summed E-state index contributed by atoms with van der Waals surface area (Å²) in [6, 6.07) is 37.1. The molecule has 0 saturated carbocycles. The summed E-state index contributed by atoms with van der Waals surface area (Å²) in [6.45, 7) is 1.92. The molecule has 6 rings (SSSR count). The molecule has 1 aliphatic heterocycles. The Balaban J connectivity index is 1.72. The van der Waals surface area contributed by atoms with Crippen molar-refractivity contribution in [1.29, 1.82) is 0 Å². The molecule has 1 atom stereocenters. The second-order valence-corrected chi connectivity index (χ2v) is 11.1. The Bertz CT molecular complexity index is 1750. The van der Waals surface area contributed by atoms with Gasteiger partial charge in [0.25, 0.3) is 10.0 Å². The molecule has 0 amide bonds. The lowest BCUT2D eigenvalue weighted by atomic mass is 9.84. The van der Waals surface area contributed by atoms with Crippen LogP contribution in [0.3, 0.4) is 0 Å². The van der Waals surface area contributed by atoms with E-state index in [4.69, 9.17) is 0 Å². The maximum atomic E-state index is 14.3. The molecule has 37 heavy (non-hydrogen) atoms. The molecule has 5 heteroatoms. The summed E-state index contributed by atoms with van der Waals surface area (Å²) in [5, 5.41) is 14.5. The Kier molecular flexibility index (Phi) is 5.48. The lowest BCUT2D eigenvalue weighted by Crippen LogP contribution is -2.35. The largest absolute Gasteiger partial charge is 0.374 e. The fraction of sp³-hybridized carbons (Fsp3) is 0.0625. The predicted molar refractivity (Wildman–Crippen MR) is 149 cm³/mol. The lowest BCUT2D eigenvalue weighted by Gasteiger charge is -2.29. The first-order chi connectivity index (χ1) is 17.9. The van der Waals surface area contributed by atoms with Gasteiger partial charge in [0.15, 0.2) is 5.60 Å². The predicted octanol–water partition coefficient (Wildman–Crippen LogP) is 6.63. The van der Waals surface area contributed by atoms with Crippen LogP contribution in [-0.2, 0) is 15.6 Å². The standard InChI is InChI=1S/C32H25NO3S/c1-23-16-18-28(19-17-23)37(35,36)33-30-22-26-13-9-8-12-25(26)21-29(30)32(34,27-14-6-3-7-15-27)31(33)20-24-10-4-2-5-11-24/h2-22,34H,1H3/b31-20-. The molecule has 5 aromatic rings. The van der Waals surface area contributed by atoms with Crippen LogP contribution < -0.4 is 4.31 Å². The molecular weight excluding hydrogens is 478 g/mol. The van der Waals surface area contributed by atoms with E-state index in [1.54, 1.807) is 30.3 Å². The summed E-state index contributed by atoms with van der Waals surface area (Å²) in [6.07, 6.45) is 1.77. The summed E-state index contributed by atoms with van der Waals surface area (Å²) in [4.78, 5) is 0.161. The highest BCUT2D eigenvalue weighted by molar-refractivity contribution is 7.93. The molecule has 5 aromatic carbocycles. The van der Waals surface area contributed by atoms with Crippen molar-refractivity contribution < 1.29 is 13.5 Å². The normalized spacial score (nSPS) is 18.3. The number of hydrogen-bond donors (Lipinski definition) is 1. The molecule has 1 unspecified atom stereocenters. The maximum absolute atomic E-state index is 14.3. The van der Waals surface area contributed by atoms with E-state index in [9.17, 15) is 13.5 Å². The first-order valence-electron chi connectivity index (χ1n) is 12.1. The van der Waals surface area contributed by atoms with E-state index in [-0.39, 0.29) is 10.6 Å². The van der Waals surface area contributed by atoms with Gasteiger partial charge in [-0.1, -0.05) is 103 Å². The fourth-order valence-electron chi connectivity index (χ4n) is 5.03. The summed E-state index contributed by atoms with van der Waals surface area (Å²) in [5.41, 5.74) is 1.86. The summed E-state index contributed by atoms with van der Waals surface area (Å²) in [7, 11) is -4.08. The van der Waals surface area contributed by atoms with Gasteiger partial charge >= 0.3 is 0 Å². The smallest absolute Gasteiger partial charge is 0.268 e. The third-order valence-corrected chi connectivity index (χ3v) is 8.66. The van der Waals surface area contributed by atoms with Crippen LogP contribution >= 0.6 is 0 Å². The van der Waals surface area contributed by atoms with Crippen LogP contribution in [0.1, 0.15) is 22.3 Å². The van der Waals surface area contributed by atoms with Crippen molar-refractivity contribution in [3.63, 3.8) is 0 Å². The third-order valence-electron chi connectivity index (χ3n) is 6.92. The third kappa shape index (κ3) is 3.75. The highest BCUT2D eigenvalue weighted by Gasteiger charge is 2.51. The number of hydrogen-bond acceptors (Lipinski definition) is 3. The number of anilines is 1. The van der Waals surface area contributed by atoms with Crippen molar-refractivity contribution in [2.24, 2.45) is 0 Å². The van der Waals surface area contributed by atoms with Crippen molar-refractivity contribution >= 4 is 32.6 Å². The van der Waals surface area contributed by atoms with Crippen LogP contribution in [0.15, 0.2) is 132 Å². The molecule has 0 saturated heterocycles. The van der Waals surface area contributed by atoms with Crippen molar-refractivity contribution in [1.82, 2.24) is 0 Å². The van der Waals surface area contributed by atoms with Crippen LogP contribution in [0.5, 0.6) is 0 Å². The number of benzene rings is 5. The van der Waals surface area contributed by atoms with Gasteiger partial charge in [-0.3, -0.25) is 0 Å². The van der Waals surface area contributed by atoms with Crippen LogP contribution in [0.25, 0.3) is 16.8 Å². The monoisotopic (exact) mass is 503 g/mol. The number of aliphatic hydroxyl groups is 1. The second-order valence-electron chi connectivity index (χ2n) is 9.32. The van der Waals surface area contributed by atoms with Crippen LogP contribution in [0, 0.1) is 6.92 Å². The fourth-order valence-corrected chi connectivity index (χ4v) is 6.57. The maximum Gasteiger partial charge on any atom is 0.268 e. The van der Waals surface area contributed by atoms with E-state index in [2.05, 4.69) is 0 Å². The average Bonchev–Trinajstić information content (AvgIpc) is 3.17. The van der Waals surface area contributed by atoms with E-state index in [1.807, 2.05) is 104 Å². The van der Waals surface area contributed by atoms with Gasteiger partial charge in [-0.2, -0.15) is 0 Å². The molecule has 0 aromatic heterocycles. The minimum atomic E-state index is -4.08. The molecule has 182 valence electrons. The topological polar surface area (TPSA) is 57.6 Å². The zero-order valence-corrected chi connectivity index (χ0v) is 21.1. The van der Waals surface area contributed by atoms with Gasteiger partial charge in [0.2, 0.25) is 0 Å². The van der Waals surface area contributed by atoms with Crippen molar-refractivity contribution in [3.8, 4) is 0 Å². The van der Waals surface area contributed by atoms with Crippen LogP contribution in [-0.4, -0.2) is 13.5 Å². The zero-order chi connectivity index (χ0) is 25.6. The lowest BCUT2D eigenvalue weighted by molar-refractivity contribution is 0.128. The van der Waals surface area contributed by atoms with E-state index in [1.165, 1.54) is 4.31 Å². The van der Waals surface area contributed by atoms with Gasteiger partial charge in [0.1, 0.15) is 0 Å². The summed E-state index contributed by atoms with van der Waals surface area (Å²) in [5.74, 6) is 0. The van der Waals surface area contributed by atoms with Crippen molar-refractivity contribution in [2.75, 3.05) is 4.31 Å². The SMILES string of the molecule is Cc1ccc(S(=O)(=O)N2/C(=C\c3ccccc3)C(O)(c3ccccc3)c3cc4ccccc4cc32)cc1. The Morgan fingerprint density at radius 3 is 1.95 bits per heavy atom. The number of aryl methyl sites for hydroxylation is 1. The molecular formula is C32H25NO3S. The van der Waals surface area contributed by atoms with Crippen LogP contribution in [0.2, 0.25) is 0 Å². The molecule has 0 spiro atoms. The van der Waals surface area contributed by atoms with Gasteiger partial charge in [0, 0.05) is 5.56 Å². The number of nitrogens with zero attached hydrogens (tertiary/aromatic N) is 1. The molecule has 0 fully saturated rings.